The van der Waals surface area contributed by atoms with Gasteiger partial charge >= 0.3 is 5.97 Å². The Hall–Kier alpha value is -3.66. The van der Waals surface area contributed by atoms with Crippen LogP contribution < -0.4 is 4.90 Å². The van der Waals surface area contributed by atoms with E-state index in [0.29, 0.717) is 11.6 Å². The summed E-state index contributed by atoms with van der Waals surface area (Å²) in [4.78, 5) is 18.5. The smallest absolute Gasteiger partial charge is 0.363 e. The number of benzene rings is 3. The summed E-state index contributed by atoms with van der Waals surface area (Å²) < 4.78 is 5.27. The predicted molar refractivity (Wildman–Crippen MR) is 115 cm³/mol. The van der Waals surface area contributed by atoms with E-state index in [-0.39, 0.29) is 0 Å². The Morgan fingerprint density at radius 2 is 1.57 bits per heavy atom. The van der Waals surface area contributed by atoms with Gasteiger partial charge in [-0.05, 0) is 52.3 Å². The summed E-state index contributed by atoms with van der Waals surface area (Å²) in [5.74, 6) is -0.135. The van der Waals surface area contributed by atoms with Crippen molar-refractivity contribution in [1.82, 2.24) is 0 Å². The number of carbonyl (C=O) groups excluding carboxylic acids is 1. The maximum Gasteiger partial charge on any atom is 0.363 e. The van der Waals surface area contributed by atoms with Crippen LogP contribution in [-0.4, -0.2) is 26.0 Å². The number of carbonyl (C=O) groups is 1. The van der Waals surface area contributed by atoms with Crippen molar-refractivity contribution < 1.29 is 9.53 Å². The first kappa shape index (κ1) is 17.7. The van der Waals surface area contributed by atoms with Crippen molar-refractivity contribution >= 4 is 40.5 Å². The average molecular weight is 368 g/mol. The molecule has 4 nitrogen and oxygen atoms in total. The molecule has 0 radical (unpaired) electrons. The van der Waals surface area contributed by atoms with Crippen LogP contribution >= 0.6 is 0 Å². The summed E-state index contributed by atoms with van der Waals surface area (Å²) in [5.41, 5.74) is 3.36. The van der Waals surface area contributed by atoms with E-state index in [2.05, 4.69) is 11.1 Å². The highest BCUT2D eigenvalue weighted by molar-refractivity contribution is 6.11. The van der Waals surface area contributed by atoms with Gasteiger partial charge in [0.05, 0.1) is 0 Å². The van der Waals surface area contributed by atoms with Crippen LogP contribution in [0.15, 0.2) is 83.5 Å². The Bertz CT molecular complexity index is 1120. The summed E-state index contributed by atoms with van der Waals surface area (Å²) in [6.45, 7) is 0. The Balaban J connectivity index is 1.54. The summed E-state index contributed by atoms with van der Waals surface area (Å²) in [6, 6.07) is 22.2. The average Bonchev–Trinajstić information content (AvgIpc) is 3.06. The van der Waals surface area contributed by atoms with Crippen molar-refractivity contribution in [3.05, 3.63) is 89.6 Å². The van der Waals surface area contributed by atoms with Crippen LogP contribution in [0.1, 0.15) is 11.1 Å². The molecule has 0 saturated carbocycles. The topological polar surface area (TPSA) is 41.9 Å². The van der Waals surface area contributed by atoms with Gasteiger partial charge in [-0.3, -0.25) is 0 Å². The molecule has 0 bridgehead atoms. The Labute approximate surface area is 164 Å². The SMILES string of the molecule is CN(C)c1ccc(C=CC2=NC(=Cc3ccc4ccccc4c3)C(=O)O2)cc1. The summed E-state index contributed by atoms with van der Waals surface area (Å²) in [7, 11) is 4.00. The Morgan fingerprint density at radius 1 is 0.857 bits per heavy atom. The highest BCUT2D eigenvalue weighted by Crippen LogP contribution is 2.21. The van der Waals surface area contributed by atoms with E-state index < -0.39 is 5.97 Å². The molecule has 1 heterocycles. The molecule has 0 saturated heterocycles. The van der Waals surface area contributed by atoms with Gasteiger partial charge in [0.1, 0.15) is 0 Å². The molecular weight excluding hydrogens is 348 g/mol. The zero-order valence-corrected chi connectivity index (χ0v) is 15.8. The normalized spacial score (nSPS) is 15.3. The molecular formula is C24H20N2O2. The zero-order valence-electron chi connectivity index (χ0n) is 15.8. The lowest BCUT2D eigenvalue weighted by molar-refractivity contribution is -0.129. The van der Waals surface area contributed by atoms with Crippen LogP contribution in [0, 0.1) is 0 Å². The molecule has 0 aromatic heterocycles. The Morgan fingerprint density at radius 3 is 2.32 bits per heavy atom. The standard InChI is InChI=1S/C24H20N2O2/c1-26(2)21-12-8-17(9-13-21)10-14-23-25-22(24(27)28-23)16-18-7-11-19-5-3-4-6-20(19)15-18/h3-16H,1-2H3. The third-order valence-corrected chi connectivity index (χ3v) is 4.54. The minimum atomic E-state index is -0.434. The monoisotopic (exact) mass is 368 g/mol. The minimum Gasteiger partial charge on any atom is -0.403 e. The summed E-state index contributed by atoms with van der Waals surface area (Å²) in [5, 5.41) is 2.28. The van der Waals surface area contributed by atoms with E-state index >= 15 is 0 Å². The number of esters is 1. The van der Waals surface area contributed by atoms with Gasteiger partial charge in [-0.15, -0.1) is 0 Å². The number of hydrogen-bond acceptors (Lipinski definition) is 4. The molecule has 0 spiro atoms. The first-order valence-electron chi connectivity index (χ1n) is 9.05. The maximum absolute atomic E-state index is 12.1. The molecule has 1 aliphatic heterocycles. The van der Waals surface area contributed by atoms with Crippen molar-refractivity contribution in [2.24, 2.45) is 4.99 Å². The van der Waals surface area contributed by atoms with Gasteiger partial charge in [-0.25, -0.2) is 9.79 Å². The highest BCUT2D eigenvalue weighted by atomic mass is 16.6. The molecule has 28 heavy (non-hydrogen) atoms. The van der Waals surface area contributed by atoms with Crippen molar-refractivity contribution in [3.8, 4) is 0 Å². The van der Waals surface area contributed by atoms with Crippen LogP contribution in [-0.2, 0) is 9.53 Å². The molecule has 0 atom stereocenters. The fourth-order valence-electron chi connectivity index (χ4n) is 3.00. The van der Waals surface area contributed by atoms with E-state index in [0.717, 1.165) is 27.6 Å². The van der Waals surface area contributed by atoms with E-state index in [4.69, 9.17) is 4.74 Å². The molecule has 0 N–H and O–H groups in total. The van der Waals surface area contributed by atoms with Gasteiger partial charge in [0.2, 0.25) is 5.90 Å². The quantitative estimate of drug-likeness (QED) is 0.485. The fourth-order valence-corrected chi connectivity index (χ4v) is 3.00. The number of fused-ring (bicyclic) bond motifs is 1. The predicted octanol–water partition coefficient (Wildman–Crippen LogP) is 4.92. The molecule has 1 aliphatic rings. The van der Waals surface area contributed by atoms with Gasteiger partial charge in [0, 0.05) is 25.9 Å². The maximum atomic E-state index is 12.1. The molecule has 4 heteroatoms. The molecule has 4 rings (SSSR count). The molecule has 0 aliphatic carbocycles. The van der Waals surface area contributed by atoms with Gasteiger partial charge in [0.25, 0.3) is 0 Å². The van der Waals surface area contributed by atoms with Crippen molar-refractivity contribution in [2.45, 2.75) is 0 Å². The fraction of sp³-hybridized carbons (Fsp3) is 0.0833. The molecule has 0 amide bonds. The van der Waals surface area contributed by atoms with Gasteiger partial charge in [0.15, 0.2) is 5.70 Å². The number of hydrogen-bond donors (Lipinski definition) is 0. The molecule has 0 unspecified atom stereocenters. The van der Waals surface area contributed by atoms with E-state index in [9.17, 15) is 4.79 Å². The van der Waals surface area contributed by atoms with Gasteiger partial charge in [-0.1, -0.05) is 48.5 Å². The minimum absolute atomic E-state index is 0.300. The zero-order chi connectivity index (χ0) is 19.5. The molecule has 138 valence electrons. The first-order chi connectivity index (χ1) is 13.6. The van der Waals surface area contributed by atoms with Gasteiger partial charge < -0.3 is 9.64 Å². The van der Waals surface area contributed by atoms with Gasteiger partial charge in [-0.2, -0.15) is 0 Å². The van der Waals surface area contributed by atoms with E-state index in [1.54, 1.807) is 12.2 Å². The third kappa shape index (κ3) is 3.86. The van der Waals surface area contributed by atoms with Crippen LogP contribution in [0.2, 0.25) is 0 Å². The number of ether oxygens (including phenoxy) is 1. The summed E-state index contributed by atoms with van der Waals surface area (Å²) in [6.07, 6.45) is 5.34. The van der Waals surface area contributed by atoms with Crippen LogP contribution in [0.5, 0.6) is 0 Å². The second kappa shape index (κ2) is 7.53. The lowest BCUT2D eigenvalue weighted by Gasteiger charge is -2.11. The van der Waals surface area contributed by atoms with Crippen LogP contribution in [0.25, 0.3) is 22.9 Å². The number of nitrogens with zero attached hydrogens (tertiary/aromatic N) is 2. The number of anilines is 1. The van der Waals surface area contributed by atoms with E-state index in [1.165, 1.54) is 0 Å². The second-order valence-electron chi connectivity index (χ2n) is 6.80. The van der Waals surface area contributed by atoms with Crippen LogP contribution in [0.3, 0.4) is 0 Å². The lowest BCUT2D eigenvalue weighted by atomic mass is 10.1. The number of rotatable bonds is 4. The van der Waals surface area contributed by atoms with Crippen molar-refractivity contribution in [3.63, 3.8) is 0 Å². The summed E-state index contributed by atoms with van der Waals surface area (Å²) >= 11 is 0. The van der Waals surface area contributed by atoms with Crippen molar-refractivity contribution in [2.75, 3.05) is 19.0 Å². The lowest BCUT2D eigenvalue weighted by Crippen LogP contribution is -2.07. The third-order valence-electron chi connectivity index (χ3n) is 4.54. The molecule has 3 aromatic carbocycles. The molecule has 3 aromatic rings. The van der Waals surface area contributed by atoms with Crippen LogP contribution in [0.4, 0.5) is 5.69 Å². The molecule has 0 fully saturated rings. The Kier molecular flexibility index (Phi) is 4.77. The van der Waals surface area contributed by atoms with Crippen molar-refractivity contribution in [1.29, 1.82) is 0 Å². The first-order valence-corrected chi connectivity index (χ1v) is 9.05. The largest absolute Gasteiger partial charge is 0.403 e. The highest BCUT2D eigenvalue weighted by Gasteiger charge is 2.21. The number of cyclic esters (lactones) is 1. The van der Waals surface area contributed by atoms with E-state index in [1.807, 2.05) is 85.7 Å². The number of aliphatic imine (C=N–C) groups is 1. The second-order valence-corrected chi connectivity index (χ2v) is 6.80.